The van der Waals surface area contributed by atoms with E-state index in [2.05, 4.69) is 0 Å². The number of benzene rings is 2. The number of hydrogen-bond acceptors (Lipinski definition) is 12. The molecule has 4 rings (SSSR count). The quantitative estimate of drug-likeness (QED) is 0.150. The van der Waals surface area contributed by atoms with Crippen molar-refractivity contribution in [1.29, 1.82) is 0 Å². The van der Waals surface area contributed by atoms with Gasteiger partial charge >= 0.3 is 0 Å². The van der Waals surface area contributed by atoms with E-state index in [-0.39, 0.29) is 22.2 Å². The van der Waals surface area contributed by atoms with Crippen molar-refractivity contribution in [3.8, 4) is 23.0 Å². The second kappa shape index (κ2) is 15.6. The number of rotatable bonds is 12. The maximum atomic E-state index is 10.3. The number of hydroxylamine groups is 4. The Labute approximate surface area is 271 Å². The second-order valence-corrected chi connectivity index (χ2v) is 14.5. The molecule has 0 bridgehead atoms. The predicted octanol–water partition coefficient (Wildman–Crippen LogP) is 6.38. The number of nitrogens with zero attached hydrogens (tertiary/aromatic N) is 2. The first-order chi connectivity index (χ1) is 21.5. The lowest BCUT2D eigenvalue weighted by Gasteiger charge is -2.51. The van der Waals surface area contributed by atoms with Gasteiger partial charge in [0.25, 0.3) is 12.9 Å². The van der Waals surface area contributed by atoms with Crippen molar-refractivity contribution in [3.63, 3.8) is 0 Å². The number of hydrogen-bond donors (Lipinski definition) is 2. The molecule has 46 heavy (non-hydrogen) atoms. The van der Waals surface area contributed by atoms with Crippen LogP contribution in [-0.2, 0) is 19.4 Å². The molecular weight excluding hydrogens is 596 g/mol. The monoisotopic (exact) mass is 646 g/mol. The van der Waals surface area contributed by atoms with Crippen LogP contribution in [0.3, 0.4) is 0 Å². The van der Waals surface area contributed by atoms with Gasteiger partial charge in [-0.15, -0.1) is 0 Å². The third kappa shape index (κ3) is 10.4. The van der Waals surface area contributed by atoms with E-state index < -0.39 is 0 Å². The highest BCUT2D eigenvalue weighted by atomic mass is 17.2. The standard InChI is InChI=1S/2C17H25NO5/c2*1-16(2)9-13(10-17(3,4)18(16)20)11-22-23-15-7-5-14(6-8-15)21-12-19/h2*5-8,12-13,20H,9-11H2,1-4H3. The first kappa shape index (κ1) is 37.2. The average molecular weight is 647 g/mol. The first-order valence-corrected chi connectivity index (χ1v) is 15.5. The van der Waals surface area contributed by atoms with Crippen LogP contribution >= 0.6 is 0 Å². The largest absolute Gasteiger partial charge is 0.429 e. The van der Waals surface area contributed by atoms with Crippen LogP contribution in [-0.4, -0.2) is 68.9 Å². The summed E-state index contributed by atoms with van der Waals surface area (Å²) < 4.78 is 9.42. The number of piperidine rings is 2. The lowest BCUT2D eigenvalue weighted by Crippen LogP contribution is -2.59. The van der Waals surface area contributed by atoms with Gasteiger partial charge in [0.05, 0.1) is 13.2 Å². The Morgan fingerprint density at radius 1 is 0.565 bits per heavy atom. The molecule has 256 valence electrons. The Hall–Kier alpha value is -3.26. The molecule has 0 atom stereocenters. The fourth-order valence-electron chi connectivity index (χ4n) is 6.85. The Morgan fingerprint density at radius 3 is 1.09 bits per heavy atom. The van der Waals surface area contributed by atoms with Crippen molar-refractivity contribution in [2.24, 2.45) is 11.8 Å². The third-order valence-electron chi connectivity index (χ3n) is 8.38. The number of ether oxygens (including phenoxy) is 2. The highest BCUT2D eigenvalue weighted by molar-refractivity contribution is 5.46. The average Bonchev–Trinajstić information content (AvgIpc) is 2.97. The van der Waals surface area contributed by atoms with Crippen molar-refractivity contribution in [1.82, 2.24) is 10.1 Å². The maximum Gasteiger partial charge on any atom is 0.298 e. The van der Waals surface area contributed by atoms with Crippen LogP contribution in [0.25, 0.3) is 0 Å². The molecule has 12 heteroatoms. The van der Waals surface area contributed by atoms with Crippen molar-refractivity contribution in [3.05, 3.63) is 48.5 Å². The van der Waals surface area contributed by atoms with E-state index in [1.54, 1.807) is 48.5 Å². The molecule has 0 spiro atoms. The zero-order valence-electron chi connectivity index (χ0n) is 28.2. The van der Waals surface area contributed by atoms with Crippen LogP contribution in [0.4, 0.5) is 0 Å². The van der Waals surface area contributed by atoms with E-state index in [0.717, 1.165) is 25.7 Å². The van der Waals surface area contributed by atoms with E-state index in [9.17, 15) is 20.0 Å². The molecule has 2 N–H and O–H groups in total. The molecule has 0 unspecified atom stereocenters. The highest BCUT2D eigenvalue weighted by Gasteiger charge is 2.46. The normalized spacial score (nSPS) is 20.9. The molecule has 2 heterocycles. The van der Waals surface area contributed by atoms with Gasteiger partial charge in [-0.3, -0.25) is 9.59 Å². The Balaban J connectivity index is 0.000000250. The fraction of sp³-hybridized carbons (Fsp3) is 0.588. The SMILES string of the molecule is CC1(C)CC(COOc2ccc(OC=O)cc2)CC(C)(C)N1O.CC1(C)CC(COOc2ccc(OC=O)cc2)CC(C)(C)N1O. The summed E-state index contributed by atoms with van der Waals surface area (Å²) in [6.45, 7) is 17.8. The molecule has 2 aromatic carbocycles. The van der Waals surface area contributed by atoms with E-state index >= 15 is 0 Å². The summed E-state index contributed by atoms with van der Waals surface area (Å²) in [4.78, 5) is 41.8. The second-order valence-electron chi connectivity index (χ2n) is 14.5. The molecule has 2 saturated heterocycles. The zero-order chi connectivity index (χ0) is 34.2. The van der Waals surface area contributed by atoms with Crippen LogP contribution in [0.15, 0.2) is 48.5 Å². The smallest absolute Gasteiger partial charge is 0.298 e. The number of carbonyl (C=O) groups excluding carboxylic acids is 2. The molecule has 0 aliphatic carbocycles. The van der Waals surface area contributed by atoms with Crippen LogP contribution in [0.2, 0.25) is 0 Å². The van der Waals surface area contributed by atoms with Crippen molar-refractivity contribution >= 4 is 12.9 Å². The molecule has 2 fully saturated rings. The van der Waals surface area contributed by atoms with Crippen molar-refractivity contribution in [2.45, 2.75) is 103 Å². The minimum atomic E-state index is -0.302. The van der Waals surface area contributed by atoms with Gasteiger partial charge in [0.2, 0.25) is 0 Å². The zero-order valence-corrected chi connectivity index (χ0v) is 28.2. The Bertz CT molecular complexity index is 1110. The Morgan fingerprint density at radius 2 is 0.826 bits per heavy atom. The van der Waals surface area contributed by atoms with Gasteiger partial charge in [-0.25, -0.2) is 0 Å². The molecule has 2 aromatic rings. The van der Waals surface area contributed by atoms with Gasteiger partial charge in [0.15, 0.2) is 11.5 Å². The van der Waals surface area contributed by atoms with E-state index in [1.807, 2.05) is 55.4 Å². The Kier molecular flexibility index (Phi) is 12.6. The van der Waals surface area contributed by atoms with E-state index in [1.165, 1.54) is 10.1 Å². The van der Waals surface area contributed by atoms with Gasteiger partial charge in [-0.05, 0) is 141 Å². The van der Waals surface area contributed by atoms with Gasteiger partial charge in [-0.1, -0.05) is 0 Å². The molecular formula is C34H50N2O10. The van der Waals surface area contributed by atoms with E-state index in [4.69, 9.17) is 29.0 Å². The lowest BCUT2D eigenvalue weighted by atomic mass is 9.76. The number of carbonyl (C=O) groups is 2. The predicted molar refractivity (Wildman–Crippen MR) is 168 cm³/mol. The topological polar surface area (TPSA) is 136 Å². The molecule has 0 radical (unpaired) electrons. The minimum absolute atomic E-state index is 0.293. The van der Waals surface area contributed by atoms with Gasteiger partial charge in [-0.2, -0.15) is 19.9 Å². The van der Waals surface area contributed by atoms with Gasteiger partial charge in [0.1, 0.15) is 11.5 Å². The minimum Gasteiger partial charge on any atom is -0.429 e. The van der Waals surface area contributed by atoms with Gasteiger partial charge < -0.3 is 29.7 Å². The summed E-state index contributed by atoms with van der Waals surface area (Å²) in [7, 11) is 0. The maximum absolute atomic E-state index is 10.3. The van der Waals surface area contributed by atoms with Crippen LogP contribution in [0.5, 0.6) is 23.0 Å². The van der Waals surface area contributed by atoms with Crippen LogP contribution in [0, 0.1) is 11.8 Å². The van der Waals surface area contributed by atoms with Gasteiger partial charge in [0, 0.05) is 22.2 Å². The van der Waals surface area contributed by atoms with Crippen molar-refractivity contribution < 1.29 is 49.0 Å². The summed E-state index contributed by atoms with van der Waals surface area (Å²) in [5.74, 6) is 2.57. The third-order valence-corrected chi connectivity index (χ3v) is 8.38. The summed E-state index contributed by atoms with van der Waals surface area (Å²) in [5, 5.41) is 23.5. The summed E-state index contributed by atoms with van der Waals surface area (Å²) in [6.07, 6.45) is 3.29. The van der Waals surface area contributed by atoms with Crippen LogP contribution < -0.4 is 19.2 Å². The van der Waals surface area contributed by atoms with Crippen molar-refractivity contribution in [2.75, 3.05) is 13.2 Å². The molecule has 0 aromatic heterocycles. The van der Waals surface area contributed by atoms with E-state index in [0.29, 0.717) is 61.0 Å². The lowest BCUT2D eigenvalue weighted by molar-refractivity contribution is -0.270. The molecule has 2 aliphatic rings. The summed E-state index contributed by atoms with van der Waals surface area (Å²) >= 11 is 0. The first-order valence-electron chi connectivity index (χ1n) is 15.5. The molecule has 0 saturated carbocycles. The molecule has 12 nitrogen and oxygen atoms in total. The molecule has 2 aliphatic heterocycles. The summed E-state index contributed by atoms with van der Waals surface area (Å²) in [5.41, 5.74) is -1.21. The van der Waals surface area contributed by atoms with Crippen LogP contribution in [0.1, 0.15) is 81.1 Å². The molecule has 0 amide bonds. The highest BCUT2D eigenvalue weighted by Crippen LogP contribution is 2.41. The fourth-order valence-corrected chi connectivity index (χ4v) is 6.85. The summed E-state index contributed by atoms with van der Waals surface area (Å²) in [6, 6.07) is 13.2.